The topological polar surface area (TPSA) is 226 Å². The van der Waals surface area contributed by atoms with Gasteiger partial charge in [-0.2, -0.15) is 9.80 Å². The molecule has 2 aromatic carbocycles. The molecule has 0 aromatic heterocycles. The Bertz CT molecular complexity index is 2080. The first-order chi connectivity index (χ1) is 29.1. The number of nitrogens with one attached hydrogen (secondary N) is 2. The Kier molecular flexibility index (Phi) is 13.0. The molecule has 2 saturated heterocycles. The van der Waals surface area contributed by atoms with Gasteiger partial charge in [-0.15, -0.1) is 0 Å². The molecule has 18 heteroatoms. The lowest BCUT2D eigenvalue weighted by Gasteiger charge is -2.35. The third kappa shape index (κ3) is 9.84. The molecule has 2 fully saturated rings. The van der Waals surface area contributed by atoms with Crippen LogP contribution in [0.2, 0.25) is 0 Å². The van der Waals surface area contributed by atoms with Crippen molar-refractivity contribution in [1.82, 2.24) is 19.6 Å². The zero-order chi connectivity index (χ0) is 45.3. The average molecular weight is 857 g/mol. The molecule has 2 aromatic rings. The quantitative estimate of drug-likeness (QED) is 0.213. The van der Waals surface area contributed by atoms with Crippen molar-refractivity contribution in [2.75, 3.05) is 10.6 Å². The zero-order valence-corrected chi connectivity index (χ0v) is 35.8. The summed E-state index contributed by atoms with van der Waals surface area (Å²) in [5.74, 6) is -4.53. The number of carbonyl (C=O) groups is 10. The predicted octanol–water partition coefficient (Wildman–Crippen LogP) is 5.42. The van der Waals surface area contributed by atoms with E-state index in [1.807, 2.05) is 0 Å². The van der Waals surface area contributed by atoms with Crippen LogP contribution >= 0.6 is 0 Å². The maximum Gasteiger partial charge on any atom is 0.424 e. The molecule has 4 aliphatic rings. The molecule has 2 unspecified atom stereocenters. The van der Waals surface area contributed by atoms with Gasteiger partial charge >= 0.3 is 12.2 Å². The molecule has 0 bridgehead atoms. The van der Waals surface area contributed by atoms with E-state index in [-0.39, 0.29) is 63.4 Å². The van der Waals surface area contributed by atoms with Crippen molar-refractivity contribution in [3.8, 4) is 0 Å². The highest BCUT2D eigenvalue weighted by atomic mass is 16.6. The van der Waals surface area contributed by atoms with Gasteiger partial charge in [0, 0.05) is 72.4 Å². The summed E-state index contributed by atoms with van der Waals surface area (Å²) < 4.78 is 10.5. The Morgan fingerprint density at radius 3 is 1.31 bits per heavy atom. The monoisotopic (exact) mass is 856 g/mol. The molecule has 2 atom stereocenters. The molecule has 330 valence electrons. The average Bonchev–Trinajstić information content (AvgIpc) is 3.68. The lowest BCUT2D eigenvalue weighted by molar-refractivity contribution is -0.152. The van der Waals surface area contributed by atoms with Crippen LogP contribution in [0.3, 0.4) is 0 Å². The van der Waals surface area contributed by atoms with E-state index in [1.54, 1.807) is 77.9 Å². The van der Waals surface area contributed by atoms with Crippen molar-refractivity contribution >= 4 is 70.8 Å². The number of anilines is 2. The largest absolute Gasteiger partial charge is 0.443 e. The molecule has 18 nitrogen and oxygen atoms in total. The van der Waals surface area contributed by atoms with E-state index < -0.39 is 70.9 Å². The van der Waals surface area contributed by atoms with Crippen LogP contribution < -0.4 is 10.6 Å². The minimum Gasteiger partial charge on any atom is -0.443 e. The molecule has 4 aliphatic heterocycles. The summed E-state index contributed by atoms with van der Waals surface area (Å²) in [6.45, 7) is 9.66. The van der Waals surface area contributed by atoms with E-state index in [0.717, 1.165) is 0 Å². The molecule has 0 aliphatic carbocycles. The minimum atomic E-state index is -1.09. The summed E-state index contributed by atoms with van der Waals surface area (Å²) >= 11 is 0. The van der Waals surface area contributed by atoms with E-state index in [2.05, 4.69) is 10.6 Å². The van der Waals surface area contributed by atoms with Crippen molar-refractivity contribution in [1.29, 1.82) is 0 Å². The van der Waals surface area contributed by atoms with Gasteiger partial charge < -0.3 is 29.9 Å². The summed E-state index contributed by atoms with van der Waals surface area (Å²) in [4.78, 5) is 134. The maximum absolute atomic E-state index is 13.5. The van der Waals surface area contributed by atoms with E-state index in [0.29, 0.717) is 69.1 Å². The first-order valence-electron chi connectivity index (χ1n) is 20.8. The second-order valence-corrected chi connectivity index (χ2v) is 17.7. The Morgan fingerprint density at radius 1 is 0.581 bits per heavy atom. The number of amides is 10. The van der Waals surface area contributed by atoms with Gasteiger partial charge in [-0.25, -0.2) is 9.59 Å². The van der Waals surface area contributed by atoms with Gasteiger partial charge in [0.25, 0.3) is 23.6 Å². The lowest BCUT2D eigenvalue weighted by atomic mass is 10.0. The lowest BCUT2D eigenvalue weighted by Crippen LogP contribution is -2.57. The SMILES string of the molecule is CC(C)(C)OC(=O)N1C(=O)CCC(N2Cc3c(NC(=O)CCCCCCC(=O)Nc4cccc5c4CN(C4CCC(=O)N(C(=O)OC(C)(C)C)C4=O)C5=O)cccc3C2=O)C1=O. The summed E-state index contributed by atoms with van der Waals surface area (Å²) in [5, 5.41) is 5.74. The number of hydrogen-bond acceptors (Lipinski definition) is 12. The third-order valence-corrected chi connectivity index (χ3v) is 10.8. The zero-order valence-electron chi connectivity index (χ0n) is 35.8. The number of carbonyl (C=O) groups excluding carboxylic acids is 10. The number of nitrogens with zero attached hydrogens (tertiary/aromatic N) is 4. The Balaban J connectivity index is 0.952. The van der Waals surface area contributed by atoms with Crippen LogP contribution in [0.4, 0.5) is 21.0 Å². The van der Waals surface area contributed by atoms with Crippen molar-refractivity contribution in [3.63, 3.8) is 0 Å². The van der Waals surface area contributed by atoms with Crippen LogP contribution in [0.1, 0.15) is 138 Å². The van der Waals surface area contributed by atoms with Crippen LogP contribution in [-0.2, 0) is 51.3 Å². The summed E-state index contributed by atoms with van der Waals surface area (Å²) in [5.41, 5.74) is 0.610. The maximum atomic E-state index is 13.5. The molecule has 10 amide bonds. The van der Waals surface area contributed by atoms with Crippen LogP contribution in [0.5, 0.6) is 0 Å². The summed E-state index contributed by atoms with van der Waals surface area (Å²) in [7, 11) is 0. The van der Waals surface area contributed by atoms with Crippen LogP contribution in [0.15, 0.2) is 36.4 Å². The number of fused-ring (bicyclic) bond motifs is 2. The van der Waals surface area contributed by atoms with E-state index >= 15 is 0 Å². The van der Waals surface area contributed by atoms with E-state index in [9.17, 15) is 47.9 Å². The van der Waals surface area contributed by atoms with Crippen LogP contribution in [-0.4, -0.2) is 102 Å². The highest BCUT2D eigenvalue weighted by Crippen LogP contribution is 2.35. The number of benzene rings is 2. The van der Waals surface area contributed by atoms with Crippen molar-refractivity contribution in [2.24, 2.45) is 0 Å². The van der Waals surface area contributed by atoms with E-state index in [1.165, 1.54) is 9.80 Å². The summed E-state index contributed by atoms with van der Waals surface area (Å²) in [6, 6.07) is 7.64. The summed E-state index contributed by atoms with van der Waals surface area (Å²) in [6.07, 6.45) is 0.358. The molecule has 2 N–H and O–H groups in total. The Morgan fingerprint density at radius 2 is 0.952 bits per heavy atom. The van der Waals surface area contributed by atoms with Gasteiger partial charge in [0.15, 0.2) is 0 Å². The second kappa shape index (κ2) is 17.9. The molecule has 6 rings (SSSR count). The molecular formula is C44H52N6O12. The Hall–Kier alpha value is -6.46. The molecule has 4 heterocycles. The highest BCUT2D eigenvalue weighted by Gasteiger charge is 2.48. The van der Waals surface area contributed by atoms with Crippen molar-refractivity contribution < 1.29 is 57.4 Å². The fraction of sp³-hybridized carbons (Fsp3) is 0.500. The number of ether oxygens (including phenoxy) is 2. The number of hydrogen-bond donors (Lipinski definition) is 2. The number of rotatable bonds is 11. The molecule has 0 spiro atoms. The first kappa shape index (κ1) is 45.1. The van der Waals surface area contributed by atoms with Gasteiger partial charge in [0.05, 0.1) is 0 Å². The molecule has 0 radical (unpaired) electrons. The molecule has 62 heavy (non-hydrogen) atoms. The van der Waals surface area contributed by atoms with Crippen LogP contribution in [0.25, 0.3) is 0 Å². The predicted molar refractivity (Wildman–Crippen MR) is 220 cm³/mol. The fourth-order valence-electron chi connectivity index (χ4n) is 7.91. The van der Waals surface area contributed by atoms with Gasteiger partial charge in [-0.05, 0) is 91.5 Å². The molecular weight excluding hydrogens is 805 g/mol. The highest BCUT2D eigenvalue weighted by molar-refractivity contribution is 6.15. The van der Waals surface area contributed by atoms with Gasteiger partial charge in [0.1, 0.15) is 23.3 Å². The fourth-order valence-corrected chi connectivity index (χ4v) is 7.91. The standard InChI is InChI=1S/C44H52N6O12/c1-43(2,3)61-41(59)49-35(53)21-19-31(39(49)57)47-23-27-25(37(47)55)13-11-15-29(27)45-33(51)17-9-7-8-10-18-34(52)46-30-16-12-14-26-28(30)24-48(38(26)56)32-20-22-36(54)50(40(32)58)42(60)62-44(4,5)6/h11-16,31-32H,7-10,17-24H2,1-6H3,(H,45,51)(H,46,52). The van der Waals surface area contributed by atoms with Gasteiger partial charge in [0.2, 0.25) is 23.6 Å². The third-order valence-electron chi connectivity index (χ3n) is 10.8. The van der Waals surface area contributed by atoms with Crippen molar-refractivity contribution in [3.05, 3.63) is 58.7 Å². The number of piperidine rings is 2. The second-order valence-electron chi connectivity index (χ2n) is 17.7. The van der Waals surface area contributed by atoms with Gasteiger partial charge in [-0.1, -0.05) is 25.0 Å². The molecule has 0 saturated carbocycles. The van der Waals surface area contributed by atoms with E-state index in [4.69, 9.17) is 9.47 Å². The number of unbranched alkanes of at least 4 members (excludes halogenated alkanes) is 3. The normalized spacial score (nSPS) is 19.1. The van der Waals surface area contributed by atoms with Gasteiger partial charge in [-0.3, -0.25) is 38.4 Å². The number of likely N-dealkylation sites (tertiary alicyclic amines) is 2. The Labute approximate surface area is 358 Å². The van der Waals surface area contributed by atoms with Crippen LogP contribution in [0, 0.1) is 0 Å². The smallest absolute Gasteiger partial charge is 0.424 e. The minimum absolute atomic E-state index is 0.00324. The van der Waals surface area contributed by atoms with Crippen molar-refractivity contribution in [2.45, 2.75) is 142 Å². The first-order valence-corrected chi connectivity index (χ1v) is 20.8. The number of imide groups is 6.